The topological polar surface area (TPSA) is 75.3 Å². The van der Waals surface area contributed by atoms with Gasteiger partial charge < -0.3 is 10.6 Å². The first-order valence-electron chi connectivity index (χ1n) is 11.6. The van der Waals surface area contributed by atoms with Crippen molar-refractivity contribution < 1.29 is 0 Å². The van der Waals surface area contributed by atoms with Gasteiger partial charge in [-0.15, -0.1) is 11.3 Å². The maximum absolute atomic E-state index is 5.04. The summed E-state index contributed by atoms with van der Waals surface area (Å²) in [5.41, 5.74) is 6.30. The van der Waals surface area contributed by atoms with Gasteiger partial charge in [0, 0.05) is 37.6 Å². The minimum atomic E-state index is 0.717. The first kappa shape index (κ1) is 21.8. The molecule has 1 saturated carbocycles. The van der Waals surface area contributed by atoms with Crippen LogP contribution in [-0.2, 0) is 7.05 Å². The number of fused-ring (bicyclic) bond motifs is 1. The minimum absolute atomic E-state index is 0.717. The normalized spacial score (nSPS) is 16.4. The summed E-state index contributed by atoms with van der Waals surface area (Å²) in [5, 5.41) is 12.5. The van der Waals surface area contributed by atoms with E-state index in [1.54, 1.807) is 11.3 Å². The SMILES string of the molecule is Cc1cc(Nc2nc(C3=CCCNC3)cn3c(-c4cnn(C)c4)cnc23)sc1SN(C)C1CC1. The Morgan fingerprint density at radius 1 is 1.26 bits per heavy atom. The monoisotopic (exact) mass is 492 g/mol. The third kappa shape index (κ3) is 4.26. The fraction of sp³-hybridized carbons (Fsp3) is 0.375. The fourth-order valence-electron chi connectivity index (χ4n) is 4.21. The van der Waals surface area contributed by atoms with Gasteiger partial charge in [-0.05, 0) is 68.9 Å². The molecule has 0 saturated heterocycles. The van der Waals surface area contributed by atoms with Crippen molar-refractivity contribution in [3.05, 3.63) is 48.2 Å². The molecular weight excluding hydrogens is 464 g/mol. The molecule has 4 aromatic heterocycles. The summed E-state index contributed by atoms with van der Waals surface area (Å²) in [6.07, 6.45) is 13.8. The Morgan fingerprint density at radius 2 is 2.15 bits per heavy atom. The van der Waals surface area contributed by atoms with Gasteiger partial charge in [0.05, 0.1) is 33.0 Å². The molecule has 0 radical (unpaired) electrons. The van der Waals surface area contributed by atoms with E-state index in [9.17, 15) is 0 Å². The largest absolute Gasteiger partial charge is 0.329 e. The molecule has 2 N–H and O–H groups in total. The van der Waals surface area contributed by atoms with E-state index in [-0.39, 0.29) is 0 Å². The van der Waals surface area contributed by atoms with Crippen molar-refractivity contribution in [3.63, 3.8) is 0 Å². The van der Waals surface area contributed by atoms with Gasteiger partial charge in [-0.25, -0.2) is 14.3 Å². The van der Waals surface area contributed by atoms with Gasteiger partial charge in [-0.3, -0.25) is 9.08 Å². The Morgan fingerprint density at radius 3 is 2.88 bits per heavy atom. The van der Waals surface area contributed by atoms with Gasteiger partial charge in [-0.1, -0.05) is 6.08 Å². The van der Waals surface area contributed by atoms with E-state index in [2.05, 4.69) is 56.7 Å². The second kappa shape index (κ2) is 8.84. The summed E-state index contributed by atoms with van der Waals surface area (Å²) in [6, 6.07) is 2.93. The van der Waals surface area contributed by atoms with Crippen LogP contribution in [0.1, 0.15) is 30.5 Å². The number of nitrogens with one attached hydrogen (secondary N) is 2. The number of anilines is 2. The van der Waals surface area contributed by atoms with Crippen molar-refractivity contribution in [2.24, 2.45) is 7.05 Å². The molecule has 0 amide bonds. The quantitative estimate of drug-likeness (QED) is 0.362. The van der Waals surface area contributed by atoms with Crippen LogP contribution in [-0.4, -0.2) is 54.6 Å². The van der Waals surface area contributed by atoms with E-state index in [0.717, 1.165) is 52.9 Å². The molecule has 1 aliphatic heterocycles. The van der Waals surface area contributed by atoms with Crippen LogP contribution < -0.4 is 10.6 Å². The predicted molar refractivity (Wildman–Crippen MR) is 140 cm³/mol. The third-order valence-corrected chi connectivity index (χ3v) is 8.75. The summed E-state index contributed by atoms with van der Waals surface area (Å²) >= 11 is 3.63. The molecule has 34 heavy (non-hydrogen) atoms. The lowest BCUT2D eigenvalue weighted by atomic mass is 10.1. The molecule has 0 aromatic carbocycles. The number of imidazole rings is 1. The molecular formula is C24H28N8S2. The molecule has 0 spiro atoms. The molecule has 0 unspecified atom stereocenters. The van der Waals surface area contributed by atoms with Crippen molar-refractivity contribution in [2.75, 3.05) is 25.5 Å². The summed E-state index contributed by atoms with van der Waals surface area (Å²) < 4.78 is 7.66. The van der Waals surface area contributed by atoms with Crippen molar-refractivity contribution in [2.45, 2.75) is 36.4 Å². The van der Waals surface area contributed by atoms with Gasteiger partial charge in [-0.2, -0.15) is 5.10 Å². The van der Waals surface area contributed by atoms with Crippen LogP contribution in [0.4, 0.5) is 10.8 Å². The molecule has 10 heteroatoms. The Balaban J connectivity index is 1.40. The number of thiophene rings is 1. The van der Waals surface area contributed by atoms with Gasteiger partial charge in [0.1, 0.15) is 0 Å². The van der Waals surface area contributed by atoms with Crippen molar-refractivity contribution >= 4 is 45.3 Å². The molecule has 0 atom stereocenters. The van der Waals surface area contributed by atoms with Crippen LogP contribution in [0.3, 0.4) is 0 Å². The molecule has 6 rings (SSSR count). The first-order chi connectivity index (χ1) is 16.5. The van der Waals surface area contributed by atoms with Crippen LogP contribution in [0.5, 0.6) is 0 Å². The smallest absolute Gasteiger partial charge is 0.181 e. The number of aryl methyl sites for hydroxylation is 2. The number of hydrogen-bond acceptors (Lipinski definition) is 8. The summed E-state index contributed by atoms with van der Waals surface area (Å²) in [6.45, 7) is 4.01. The molecule has 2 aliphatic rings. The Bertz CT molecular complexity index is 1380. The molecule has 8 nitrogen and oxygen atoms in total. The van der Waals surface area contributed by atoms with Crippen LogP contribution >= 0.6 is 23.3 Å². The Labute approximate surface area is 207 Å². The van der Waals surface area contributed by atoms with Gasteiger partial charge in [0.2, 0.25) is 0 Å². The number of nitrogens with zero attached hydrogens (tertiary/aromatic N) is 6. The zero-order chi connectivity index (χ0) is 23.2. The van der Waals surface area contributed by atoms with Crippen molar-refractivity contribution in [3.8, 4) is 11.3 Å². The van der Waals surface area contributed by atoms with Gasteiger partial charge in [0.15, 0.2) is 11.5 Å². The Hall–Kier alpha value is -2.66. The van der Waals surface area contributed by atoms with E-state index in [0.29, 0.717) is 6.04 Å². The number of hydrogen-bond donors (Lipinski definition) is 2. The number of aromatic nitrogens is 5. The molecule has 1 aliphatic carbocycles. The highest BCUT2D eigenvalue weighted by Gasteiger charge is 2.27. The average molecular weight is 493 g/mol. The second-order valence-electron chi connectivity index (χ2n) is 8.98. The van der Waals surface area contributed by atoms with E-state index < -0.39 is 0 Å². The van der Waals surface area contributed by atoms with Crippen LogP contribution in [0.25, 0.3) is 22.5 Å². The summed E-state index contributed by atoms with van der Waals surface area (Å²) in [5.74, 6) is 0.771. The molecule has 0 bridgehead atoms. The van der Waals surface area contributed by atoms with Crippen LogP contribution in [0.2, 0.25) is 0 Å². The third-order valence-electron chi connectivity index (χ3n) is 6.25. The number of rotatable bonds is 7. The first-order valence-corrected chi connectivity index (χ1v) is 13.2. The maximum Gasteiger partial charge on any atom is 0.181 e. The summed E-state index contributed by atoms with van der Waals surface area (Å²) in [4.78, 5) is 9.79. The lowest BCUT2D eigenvalue weighted by Gasteiger charge is -2.16. The van der Waals surface area contributed by atoms with Gasteiger partial charge >= 0.3 is 0 Å². The van der Waals surface area contributed by atoms with Crippen molar-refractivity contribution in [1.82, 2.24) is 33.8 Å². The lowest BCUT2D eigenvalue weighted by molar-refractivity contribution is 0.559. The highest BCUT2D eigenvalue weighted by molar-refractivity contribution is 7.99. The maximum atomic E-state index is 5.04. The standard InChI is InChI=1S/C24H28N8S2/c1-15-9-21(33-24(15)34-31(3)18-6-7-18)29-22-23-26-12-20(17-11-27-30(2)13-17)32(23)14-19(28-22)16-5-4-8-25-10-16/h5,9,11-14,18,25H,4,6-8,10H2,1-3H3,(H,28,29). The van der Waals surface area contributed by atoms with E-state index >= 15 is 0 Å². The highest BCUT2D eigenvalue weighted by Crippen LogP contribution is 2.41. The summed E-state index contributed by atoms with van der Waals surface area (Å²) in [7, 11) is 4.13. The van der Waals surface area contributed by atoms with E-state index in [1.807, 2.05) is 42.3 Å². The van der Waals surface area contributed by atoms with Crippen LogP contribution in [0.15, 0.2) is 41.1 Å². The Kier molecular flexibility index (Phi) is 5.68. The average Bonchev–Trinajstić information content (AvgIpc) is 3.33. The molecule has 1 fully saturated rings. The van der Waals surface area contributed by atoms with E-state index in [1.165, 1.54) is 28.2 Å². The minimum Gasteiger partial charge on any atom is -0.329 e. The second-order valence-corrected chi connectivity index (χ2v) is 11.5. The van der Waals surface area contributed by atoms with Crippen LogP contribution in [0, 0.1) is 6.92 Å². The molecule has 4 aromatic rings. The predicted octanol–water partition coefficient (Wildman–Crippen LogP) is 4.72. The molecule has 5 heterocycles. The van der Waals surface area contributed by atoms with Crippen molar-refractivity contribution in [1.29, 1.82) is 0 Å². The zero-order valence-corrected chi connectivity index (χ0v) is 21.2. The van der Waals surface area contributed by atoms with Gasteiger partial charge in [0.25, 0.3) is 0 Å². The highest BCUT2D eigenvalue weighted by atomic mass is 32.2. The molecule has 176 valence electrons. The lowest BCUT2D eigenvalue weighted by Crippen LogP contribution is -2.22. The zero-order valence-electron chi connectivity index (χ0n) is 19.6. The van der Waals surface area contributed by atoms with E-state index in [4.69, 9.17) is 9.97 Å². The fourth-order valence-corrected chi connectivity index (χ4v) is 6.61.